The minimum Gasteiger partial charge on any atom is -0.326 e. The van der Waals surface area contributed by atoms with Crippen LogP contribution in [0, 0.1) is 21.8 Å². The van der Waals surface area contributed by atoms with Crippen molar-refractivity contribution in [2.24, 2.45) is 5.92 Å². The minimum atomic E-state index is -1.39. The number of Topliss-reactive ketones (excluding diaryl/α,β-unsaturated/α-hetero) is 1. The summed E-state index contributed by atoms with van der Waals surface area (Å²) in [6.45, 7) is 0. The third-order valence-electron chi connectivity index (χ3n) is 5.71. The van der Waals surface area contributed by atoms with Crippen molar-refractivity contribution in [3.8, 4) is 0 Å². The number of amides is 1. The number of anilines is 1. The number of halogens is 6. The van der Waals surface area contributed by atoms with Gasteiger partial charge in [-0.15, -0.1) is 23.2 Å². The number of ketones is 1. The van der Waals surface area contributed by atoms with Gasteiger partial charge < -0.3 is 5.32 Å². The van der Waals surface area contributed by atoms with E-state index in [1.54, 1.807) is 18.2 Å². The Morgan fingerprint density at radius 2 is 1.67 bits per heavy atom. The first-order valence-electron chi connectivity index (χ1n) is 10.3. The Balaban J connectivity index is 1.51. The fourth-order valence-corrected chi connectivity index (χ4v) is 5.51. The van der Waals surface area contributed by atoms with Crippen LogP contribution in [0.1, 0.15) is 27.4 Å². The zero-order valence-corrected chi connectivity index (χ0v) is 21.7. The largest absolute Gasteiger partial charge is 0.326 e. The monoisotopic (exact) mass is 588 g/mol. The van der Waals surface area contributed by atoms with Crippen LogP contribution >= 0.6 is 58.0 Å². The Morgan fingerprint density at radius 3 is 2.28 bits per heavy atom. The van der Waals surface area contributed by atoms with E-state index in [1.165, 1.54) is 24.3 Å². The van der Waals surface area contributed by atoms with E-state index in [2.05, 4.69) is 5.32 Å². The molecule has 1 amide bonds. The third-order valence-corrected chi connectivity index (χ3v) is 7.42. The first-order chi connectivity index (χ1) is 16.9. The van der Waals surface area contributed by atoms with Crippen molar-refractivity contribution in [1.82, 2.24) is 0 Å². The van der Waals surface area contributed by atoms with Gasteiger partial charge in [-0.05, 0) is 53.6 Å². The van der Waals surface area contributed by atoms with Crippen molar-refractivity contribution in [3.05, 3.63) is 102 Å². The maximum atomic E-state index is 14.2. The normalized spacial score (nSPS) is 17.9. The van der Waals surface area contributed by atoms with Gasteiger partial charge >= 0.3 is 0 Å². The predicted molar refractivity (Wildman–Crippen MR) is 138 cm³/mol. The highest BCUT2D eigenvalue weighted by atomic mass is 35.5. The molecule has 1 N–H and O–H groups in total. The molecule has 0 aromatic heterocycles. The number of non-ortho nitro benzene ring substituents is 1. The number of carbonyl (C=O) groups excluding carboxylic acids is 2. The van der Waals surface area contributed by atoms with Crippen LogP contribution in [0.5, 0.6) is 0 Å². The Bertz CT molecular complexity index is 1390. The molecule has 12 heteroatoms. The number of nitrogens with one attached hydrogen (secondary N) is 1. The van der Waals surface area contributed by atoms with Crippen LogP contribution in [-0.2, 0) is 11.2 Å². The van der Waals surface area contributed by atoms with E-state index in [1.807, 2.05) is 0 Å². The van der Waals surface area contributed by atoms with Gasteiger partial charge in [-0.25, -0.2) is 4.39 Å². The van der Waals surface area contributed by atoms with Crippen LogP contribution in [0.15, 0.2) is 54.6 Å². The summed E-state index contributed by atoms with van der Waals surface area (Å²) >= 11 is 31.0. The lowest BCUT2D eigenvalue weighted by Crippen LogP contribution is -2.17. The number of hydrogen-bond donors (Lipinski definition) is 1. The SMILES string of the molecule is O=C(Cc1ccc([N+](=O)[O-])cc1F)c1cc(NC(=O)C2C(c3cc(Cl)cc(Cl)c3)C2(Cl)Cl)ccc1Cl. The molecule has 1 fully saturated rings. The highest BCUT2D eigenvalue weighted by Gasteiger charge is 2.67. The second-order valence-electron chi connectivity index (χ2n) is 8.15. The summed E-state index contributed by atoms with van der Waals surface area (Å²) in [6.07, 6.45) is -0.395. The van der Waals surface area contributed by atoms with Crippen LogP contribution in [-0.4, -0.2) is 20.9 Å². The quantitative estimate of drug-likeness (QED) is 0.133. The minimum absolute atomic E-state index is 0.0317. The average Bonchev–Trinajstić information content (AvgIpc) is 3.37. The summed E-state index contributed by atoms with van der Waals surface area (Å²) in [5, 5.41) is 14.3. The maximum Gasteiger partial charge on any atom is 0.272 e. The number of nitro benzene ring substituents is 1. The van der Waals surface area contributed by atoms with E-state index >= 15 is 0 Å². The molecule has 0 heterocycles. The van der Waals surface area contributed by atoms with E-state index in [9.17, 15) is 24.1 Å². The molecule has 0 bridgehead atoms. The molecule has 2 atom stereocenters. The molecule has 36 heavy (non-hydrogen) atoms. The standard InChI is InChI=1S/C24H14Cl5FN2O4/c25-13-5-12(6-14(26)8-13)21-22(24(21,28)29)23(34)31-15-2-4-18(27)17(9-15)20(33)7-11-1-3-16(32(35)36)10-19(11)30/h1-6,8-10,21-22H,7H2,(H,31,34). The highest BCUT2D eigenvalue weighted by Crippen LogP contribution is 2.65. The van der Waals surface area contributed by atoms with Gasteiger partial charge in [0.1, 0.15) is 10.2 Å². The van der Waals surface area contributed by atoms with E-state index in [0.717, 1.165) is 12.1 Å². The Labute approximate surface area is 229 Å². The van der Waals surface area contributed by atoms with Gasteiger partial charge in [0.25, 0.3) is 5.69 Å². The third kappa shape index (κ3) is 5.45. The zero-order chi connectivity index (χ0) is 26.4. The van der Waals surface area contributed by atoms with Crippen LogP contribution in [0.2, 0.25) is 15.1 Å². The Morgan fingerprint density at radius 1 is 1.00 bits per heavy atom. The summed E-state index contributed by atoms with van der Waals surface area (Å²) in [7, 11) is 0. The van der Waals surface area contributed by atoms with Gasteiger partial charge in [0.2, 0.25) is 5.91 Å². The second-order valence-corrected chi connectivity index (χ2v) is 10.9. The van der Waals surface area contributed by atoms with E-state index in [4.69, 9.17) is 58.0 Å². The summed E-state index contributed by atoms with van der Waals surface area (Å²) in [6, 6.07) is 12.1. The second kappa shape index (κ2) is 10.1. The number of carbonyl (C=O) groups is 2. The molecule has 6 nitrogen and oxygen atoms in total. The van der Waals surface area contributed by atoms with Crippen molar-refractivity contribution >= 4 is 81.1 Å². The molecule has 4 rings (SSSR count). The Hall–Kier alpha value is -2.42. The van der Waals surface area contributed by atoms with E-state index < -0.39 is 50.7 Å². The van der Waals surface area contributed by atoms with Crippen LogP contribution in [0.25, 0.3) is 0 Å². The molecule has 0 radical (unpaired) electrons. The van der Waals surface area contributed by atoms with Gasteiger partial charge in [0, 0.05) is 39.7 Å². The van der Waals surface area contributed by atoms with Crippen LogP contribution in [0.3, 0.4) is 0 Å². The lowest BCUT2D eigenvalue weighted by molar-refractivity contribution is -0.385. The zero-order valence-electron chi connectivity index (χ0n) is 17.9. The van der Waals surface area contributed by atoms with Gasteiger partial charge in [-0.2, -0.15) is 0 Å². The number of nitro groups is 1. The first-order valence-corrected chi connectivity index (χ1v) is 12.2. The molecular formula is C24H14Cl5FN2O4. The van der Waals surface area contributed by atoms with Gasteiger partial charge in [0.15, 0.2) is 5.78 Å². The lowest BCUT2D eigenvalue weighted by Gasteiger charge is -2.10. The molecule has 1 aliphatic rings. The number of rotatable bonds is 7. The number of benzene rings is 3. The van der Waals surface area contributed by atoms with Crippen molar-refractivity contribution < 1.29 is 18.9 Å². The smallest absolute Gasteiger partial charge is 0.272 e. The Kier molecular flexibility index (Phi) is 7.51. The first kappa shape index (κ1) is 26.6. The summed E-state index contributed by atoms with van der Waals surface area (Å²) in [5.41, 5.74) is 0.417. The van der Waals surface area contributed by atoms with Gasteiger partial charge in [-0.3, -0.25) is 19.7 Å². The number of nitrogens with zero attached hydrogens (tertiary/aromatic N) is 1. The van der Waals surface area contributed by atoms with Crippen molar-refractivity contribution in [2.45, 2.75) is 16.7 Å². The molecule has 3 aromatic rings. The van der Waals surface area contributed by atoms with E-state index in [-0.39, 0.29) is 21.8 Å². The average molecular weight is 591 g/mol. The van der Waals surface area contributed by atoms with Gasteiger partial charge in [0.05, 0.1) is 21.9 Å². The molecule has 0 spiro atoms. The molecule has 2 unspecified atom stereocenters. The molecule has 186 valence electrons. The topological polar surface area (TPSA) is 89.3 Å². The molecule has 1 aliphatic carbocycles. The summed E-state index contributed by atoms with van der Waals surface area (Å²) in [4.78, 5) is 35.9. The lowest BCUT2D eigenvalue weighted by atomic mass is 10.0. The predicted octanol–water partition coefficient (Wildman–Crippen LogP) is 7.65. The summed E-state index contributed by atoms with van der Waals surface area (Å²) < 4.78 is 12.9. The van der Waals surface area contributed by atoms with Gasteiger partial charge in [-0.1, -0.05) is 34.8 Å². The number of hydrogen-bond acceptors (Lipinski definition) is 4. The fourth-order valence-electron chi connectivity index (χ4n) is 3.92. The molecular weight excluding hydrogens is 577 g/mol. The highest BCUT2D eigenvalue weighted by molar-refractivity contribution is 6.53. The van der Waals surface area contributed by atoms with Crippen LogP contribution in [0.4, 0.5) is 15.8 Å². The van der Waals surface area contributed by atoms with Crippen molar-refractivity contribution in [2.75, 3.05) is 5.32 Å². The fraction of sp³-hybridized carbons (Fsp3) is 0.167. The molecule has 1 saturated carbocycles. The molecule has 0 aliphatic heterocycles. The van der Waals surface area contributed by atoms with Crippen molar-refractivity contribution in [3.63, 3.8) is 0 Å². The van der Waals surface area contributed by atoms with Crippen LogP contribution < -0.4 is 5.32 Å². The maximum absolute atomic E-state index is 14.2. The van der Waals surface area contributed by atoms with Crippen molar-refractivity contribution in [1.29, 1.82) is 0 Å². The summed E-state index contributed by atoms with van der Waals surface area (Å²) in [5.74, 6) is -3.32. The van der Waals surface area contributed by atoms with E-state index in [0.29, 0.717) is 15.6 Å². The number of alkyl halides is 2. The molecule has 3 aromatic carbocycles. The molecule has 0 saturated heterocycles.